The van der Waals surface area contributed by atoms with E-state index in [2.05, 4.69) is 20.3 Å². The number of hydrogen-bond donors (Lipinski definition) is 1. The number of aliphatic carboxylic acids is 1. The van der Waals surface area contributed by atoms with Gasteiger partial charge >= 0.3 is 48.1 Å². The Balaban J connectivity index is 0.00000583. The van der Waals surface area contributed by atoms with Crippen LogP contribution in [-0.4, -0.2) is 67.5 Å². The van der Waals surface area contributed by atoms with E-state index in [9.17, 15) is 49.4 Å². The Morgan fingerprint density at radius 3 is 2.02 bits per heavy atom. The zero-order valence-electron chi connectivity index (χ0n) is 26.8. The quantitative estimate of drug-likeness (QED) is 0.242. The normalized spacial score (nSPS) is 16.6. The van der Waals surface area contributed by atoms with Gasteiger partial charge in [-0.3, -0.25) is 0 Å². The number of nitrogens with one attached hydrogen (secondary N) is 1. The van der Waals surface area contributed by atoms with Crippen molar-refractivity contribution in [3.05, 3.63) is 82.2 Å². The van der Waals surface area contributed by atoms with Crippen LogP contribution >= 0.6 is 0 Å². The maximum Gasteiger partial charge on any atom is 1.00 e. The third-order valence-corrected chi connectivity index (χ3v) is 7.79. The molecule has 2 aliphatic rings. The second-order valence-electron chi connectivity index (χ2n) is 11.3. The van der Waals surface area contributed by atoms with Crippen LogP contribution in [0.4, 0.5) is 51.1 Å². The first-order valence-electron chi connectivity index (χ1n) is 15.0. The van der Waals surface area contributed by atoms with Crippen LogP contribution in [0.1, 0.15) is 33.4 Å². The van der Waals surface area contributed by atoms with Crippen LogP contribution in [0.3, 0.4) is 0 Å². The number of amidine groups is 1. The fraction of sp³-hybridized carbons (Fsp3) is 0.419. The van der Waals surface area contributed by atoms with E-state index in [0.29, 0.717) is 49.7 Å². The first kappa shape index (κ1) is 40.0. The van der Waals surface area contributed by atoms with E-state index in [-0.39, 0.29) is 72.7 Å². The number of anilines is 2. The summed E-state index contributed by atoms with van der Waals surface area (Å²) >= 11 is 0. The molecule has 0 bridgehead atoms. The van der Waals surface area contributed by atoms with E-state index >= 15 is 0 Å². The molecule has 3 aromatic rings. The Morgan fingerprint density at radius 2 is 1.47 bits per heavy atom. The molecule has 270 valence electrons. The largest absolute Gasteiger partial charge is 1.00 e. The number of aromatic nitrogens is 2. The number of carbonyl (C=O) groups excluding carboxylic acids is 1. The van der Waals surface area contributed by atoms with Gasteiger partial charge in [0.2, 0.25) is 5.95 Å². The first-order chi connectivity index (χ1) is 23.5. The molecule has 0 amide bonds. The van der Waals surface area contributed by atoms with Crippen molar-refractivity contribution in [1.82, 2.24) is 15.3 Å². The summed E-state index contributed by atoms with van der Waals surface area (Å²) in [5.41, 5.74) is -3.72. The maximum absolute atomic E-state index is 13.8. The molecule has 51 heavy (non-hydrogen) atoms. The van der Waals surface area contributed by atoms with Gasteiger partial charge in [-0.05, 0) is 53.4 Å². The summed E-state index contributed by atoms with van der Waals surface area (Å²) in [6.07, 6.45) is -12.2. The summed E-state index contributed by atoms with van der Waals surface area (Å²) in [6.45, 7) is 0.480. The number of benzene rings is 2. The molecule has 0 radical (unpaired) electrons. The van der Waals surface area contributed by atoms with Gasteiger partial charge in [0.05, 0.1) is 54.0 Å². The Kier molecular flexibility index (Phi) is 12.7. The molecule has 0 spiro atoms. The molecule has 2 aliphatic heterocycles. The number of ether oxygens (including phenoxy) is 2. The molecule has 2 aromatic carbocycles. The molecule has 1 aromatic heterocycles. The Morgan fingerprint density at radius 1 is 0.863 bits per heavy atom. The number of carboxylic acids is 1. The van der Waals surface area contributed by atoms with Gasteiger partial charge < -0.3 is 34.5 Å². The number of rotatable bonds is 10. The van der Waals surface area contributed by atoms with Crippen molar-refractivity contribution in [2.24, 2.45) is 4.99 Å². The standard InChI is InChI=1S/C31H29F9N6O4.Na/c32-29(33,34)21-2-1-19(3-4-41-28-44-25(17-50-28)26(47)48)20(11-21)16-46(27-42-13-24(14-43-27)45-5-7-49-8-6-45)15-18-9-22(30(35,36)37)12-23(10-18)31(38,39)40;/h1-2,9-14,25H,3-8,15-17H2,(H,41,44)(H,47,48);/q;+1/p-1/t25-;/m0./s1. The van der Waals surface area contributed by atoms with Crippen LogP contribution in [0.15, 0.2) is 53.8 Å². The van der Waals surface area contributed by atoms with Gasteiger partial charge in [-0.15, -0.1) is 0 Å². The second kappa shape index (κ2) is 16.2. The molecule has 0 aliphatic carbocycles. The number of morpholine rings is 1. The average Bonchev–Trinajstić information content (AvgIpc) is 3.54. The van der Waals surface area contributed by atoms with Crippen LogP contribution in [0.2, 0.25) is 0 Å². The summed E-state index contributed by atoms with van der Waals surface area (Å²) in [6, 6.07) is 2.53. The molecule has 1 saturated heterocycles. The topological polar surface area (TPSA) is 115 Å². The fourth-order valence-electron chi connectivity index (χ4n) is 5.29. The predicted molar refractivity (Wildman–Crippen MR) is 157 cm³/mol. The molecule has 0 saturated carbocycles. The van der Waals surface area contributed by atoms with Crippen LogP contribution in [0, 0.1) is 0 Å². The zero-order chi connectivity index (χ0) is 36.3. The van der Waals surface area contributed by atoms with Crippen molar-refractivity contribution in [2.45, 2.75) is 44.1 Å². The predicted octanol–water partition coefficient (Wildman–Crippen LogP) is 1.22. The summed E-state index contributed by atoms with van der Waals surface area (Å²) < 4.78 is 134. The third kappa shape index (κ3) is 10.6. The molecule has 1 atom stereocenters. The molecule has 20 heteroatoms. The summed E-state index contributed by atoms with van der Waals surface area (Å²) in [7, 11) is 0. The van der Waals surface area contributed by atoms with E-state index in [0.717, 1.165) is 12.1 Å². The Labute approximate surface area is 306 Å². The number of carbonyl (C=O) groups is 1. The van der Waals surface area contributed by atoms with E-state index in [1.165, 1.54) is 23.4 Å². The minimum Gasteiger partial charge on any atom is -0.548 e. The number of halogens is 9. The first-order valence-corrected chi connectivity index (χ1v) is 15.0. The summed E-state index contributed by atoms with van der Waals surface area (Å²) in [5.74, 6) is -1.63. The van der Waals surface area contributed by atoms with E-state index in [1.807, 2.05) is 4.90 Å². The van der Waals surface area contributed by atoms with Crippen LogP contribution in [0.25, 0.3) is 0 Å². The number of alkyl halides is 9. The Hall–Kier alpha value is -3.81. The van der Waals surface area contributed by atoms with Gasteiger partial charge in [0.25, 0.3) is 6.02 Å². The van der Waals surface area contributed by atoms with Crippen molar-refractivity contribution < 1.29 is 88.4 Å². The molecule has 3 heterocycles. The number of nitrogens with zero attached hydrogens (tertiary/aromatic N) is 5. The van der Waals surface area contributed by atoms with E-state index in [1.54, 1.807) is 0 Å². The Bertz CT molecular complexity index is 1670. The molecule has 1 fully saturated rings. The smallest absolute Gasteiger partial charge is 0.548 e. The van der Waals surface area contributed by atoms with Crippen LogP contribution in [0.5, 0.6) is 0 Å². The minimum absolute atomic E-state index is 0. The van der Waals surface area contributed by atoms with Gasteiger partial charge in [0.15, 0.2) is 0 Å². The second-order valence-corrected chi connectivity index (χ2v) is 11.3. The van der Waals surface area contributed by atoms with E-state index < -0.39 is 65.9 Å². The number of aliphatic imine (C=N–C) groups is 1. The van der Waals surface area contributed by atoms with E-state index in [4.69, 9.17) is 9.47 Å². The van der Waals surface area contributed by atoms with Gasteiger partial charge in [-0.2, -0.15) is 39.5 Å². The zero-order valence-corrected chi connectivity index (χ0v) is 28.8. The third-order valence-electron chi connectivity index (χ3n) is 7.79. The van der Waals surface area contributed by atoms with Gasteiger partial charge in [0.1, 0.15) is 12.6 Å². The van der Waals surface area contributed by atoms with Crippen LogP contribution < -0.4 is 49.8 Å². The molecule has 1 N–H and O–H groups in total. The molecular formula is C31H28F9N6NaO4. The van der Waals surface area contributed by atoms with Crippen molar-refractivity contribution in [2.75, 3.05) is 49.3 Å². The molecule has 10 nitrogen and oxygen atoms in total. The maximum atomic E-state index is 13.8. The van der Waals surface area contributed by atoms with Gasteiger partial charge in [-0.1, -0.05) is 6.07 Å². The van der Waals surface area contributed by atoms with Gasteiger partial charge in [0, 0.05) is 32.7 Å². The van der Waals surface area contributed by atoms with Crippen molar-refractivity contribution >= 4 is 23.6 Å². The summed E-state index contributed by atoms with van der Waals surface area (Å²) in [5, 5.41) is 13.8. The van der Waals surface area contributed by atoms with Crippen molar-refractivity contribution in [1.29, 1.82) is 0 Å². The summed E-state index contributed by atoms with van der Waals surface area (Å²) in [4.78, 5) is 26.5. The van der Waals surface area contributed by atoms with Gasteiger partial charge in [-0.25, -0.2) is 15.0 Å². The number of carboxylic acid groups (broad SMARTS) is 1. The van der Waals surface area contributed by atoms with Crippen molar-refractivity contribution in [3.8, 4) is 0 Å². The molecule has 5 rings (SSSR count). The minimum atomic E-state index is -5.13. The fourth-order valence-corrected chi connectivity index (χ4v) is 5.29. The SMILES string of the molecule is O=C([O-])[C@@H]1COC(NCCc2ccc(C(F)(F)F)cc2CN(Cc2cc(C(F)(F)F)cc(C(F)(F)F)c2)c2ncc(N3CCOCC3)cn2)=N1.[Na+]. The van der Waals surface area contributed by atoms with Crippen molar-refractivity contribution in [3.63, 3.8) is 0 Å². The number of hydrogen-bond acceptors (Lipinski definition) is 10. The average molecular weight is 743 g/mol. The van der Waals surface area contributed by atoms with Crippen LogP contribution in [-0.2, 0) is 52.3 Å². The molecular weight excluding hydrogens is 714 g/mol. The monoisotopic (exact) mass is 742 g/mol. The molecule has 0 unspecified atom stereocenters.